The Morgan fingerprint density at radius 2 is 1.73 bits per heavy atom. The van der Waals surface area contributed by atoms with Crippen molar-refractivity contribution in [2.75, 3.05) is 10.6 Å². The quantitative estimate of drug-likeness (QED) is 0.236. The van der Waals surface area contributed by atoms with Crippen molar-refractivity contribution in [1.29, 1.82) is 0 Å². The molecule has 0 spiro atoms. The lowest BCUT2D eigenvalue weighted by Crippen LogP contribution is -2.22. The summed E-state index contributed by atoms with van der Waals surface area (Å²) in [5.41, 5.74) is 1.36. The van der Waals surface area contributed by atoms with Crippen LogP contribution in [0.25, 0.3) is 0 Å². The maximum absolute atomic E-state index is 12.5. The Morgan fingerprint density at radius 1 is 1.00 bits per heavy atom. The Balaban J connectivity index is 1.31. The number of nitrogens with one attached hydrogen (secondary N) is 2. The minimum Gasteiger partial charge on any atom is -0.457 e. The summed E-state index contributed by atoms with van der Waals surface area (Å²) >= 11 is 14.7. The number of aromatic nitrogens is 2. The number of hydrogen-bond donors (Lipinski definition) is 2. The molecule has 0 aliphatic rings. The molecule has 168 valence electrons. The standard InChI is InChI=1S/C23H18Cl2N4O2S2/c1-14(21(30)27-20-12-7-15(24)13-19(20)25)32-23-29-28-22(33-23)26-16-8-10-18(11-9-16)31-17-5-3-2-4-6-17/h2-14H,1H3,(H,26,28)(H,27,30). The van der Waals surface area contributed by atoms with E-state index in [1.54, 1.807) is 25.1 Å². The molecular formula is C23H18Cl2N4O2S2. The summed E-state index contributed by atoms with van der Waals surface area (Å²) in [6, 6.07) is 22.1. The number of carbonyl (C=O) groups excluding carboxylic acids is 1. The molecule has 0 fully saturated rings. The maximum Gasteiger partial charge on any atom is 0.237 e. The van der Waals surface area contributed by atoms with Crippen molar-refractivity contribution in [3.05, 3.63) is 82.8 Å². The predicted octanol–water partition coefficient (Wildman–Crippen LogP) is 7.50. The van der Waals surface area contributed by atoms with Crippen molar-refractivity contribution in [1.82, 2.24) is 10.2 Å². The van der Waals surface area contributed by atoms with Gasteiger partial charge in [0, 0.05) is 10.7 Å². The topological polar surface area (TPSA) is 76.1 Å². The van der Waals surface area contributed by atoms with Crippen LogP contribution < -0.4 is 15.4 Å². The van der Waals surface area contributed by atoms with Crippen LogP contribution in [0.3, 0.4) is 0 Å². The van der Waals surface area contributed by atoms with Gasteiger partial charge in [-0.25, -0.2) is 0 Å². The highest BCUT2D eigenvalue weighted by atomic mass is 35.5. The third-order valence-corrected chi connectivity index (χ3v) is 6.90. The molecular weight excluding hydrogens is 499 g/mol. The van der Waals surface area contributed by atoms with Crippen molar-refractivity contribution in [3.8, 4) is 11.5 Å². The molecule has 1 heterocycles. The van der Waals surface area contributed by atoms with Crippen LogP contribution in [-0.2, 0) is 4.79 Å². The van der Waals surface area contributed by atoms with Gasteiger partial charge >= 0.3 is 0 Å². The molecule has 1 amide bonds. The highest BCUT2D eigenvalue weighted by Crippen LogP contribution is 2.32. The number of ether oxygens (including phenoxy) is 1. The number of anilines is 3. The predicted molar refractivity (Wildman–Crippen MR) is 137 cm³/mol. The zero-order valence-electron chi connectivity index (χ0n) is 17.3. The van der Waals surface area contributed by atoms with E-state index < -0.39 is 5.25 Å². The minimum absolute atomic E-state index is 0.192. The number of amides is 1. The average molecular weight is 517 g/mol. The molecule has 4 rings (SSSR count). The largest absolute Gasteiger partial charge is 0.457 e. The summed E-state index contributed by atoms with van der Waals surface area (Å²) in [5.74, 6) is 1.32. The van der Waals surface area contributed by atoms with Gasteiger partial charge in [-0.3, -0.25) is 4.79 Å². The number of thioether (sulfide) groups is 1. The van der Waals surface area contributed by atoms with Crippen molar-refractivity contribution < 1.29 is 9.53 Å². The fourth-order valence-corrected chi connectivity index (χ4v) is 5.06. The molecule has 10 heteroatoms. The summed E-state index contributed by atoms with van der Waals surface area (Å²) in [6.07, 6.45) is 0. The SMILES string of the molecule is CC(Sc1nnc(Nc2ccc(Oc3ccccc3)cc2)s1)C(=O)Nc1ccc(Cl)cc1Cl. The molecule has 0 saturated heterocycles. The summed E-state index contributed by atoms with van der Waals surface area (Å²) in [6.45, 7) is 1.80. The van der Waals surface area contributed by atoms with Crippen LogP contribution in [0.15, 0.2) is 77.1 Å². The number of benzene rings is 3. The first-order valence-corrected chi connectivity index (χ1v) is 12.3. The van der Waals surface area contributed by atoms with Crippen LogP contribution in [-0.4, -0.2) is 21.4 Å². The van der Waals surface area contributed by atoms with Gasteiger partial charge in [0.25, 0.3) is 0 Å². The normalized spacial score (nSPS) is 11.6. The molecule has 0 aliphatic carbocycles. The molecule has 1 atom stereocenters. The molecule has 33 heavy (non-hydrogen) atoms. The Hall–Kier alpha value is -2.78. The smallest absolute Gasteiger partial charge is 0.237 e. The Labute approximate surface area is 209 Å². The fourth-order valence-electron chi connectivity index (χ4n) is 2.69. The van der Waals surface area contributed by atoms with Gasteiger partial charge in [-0.2, -0.15) is 0 Å². The molecule has 1 aromatic heterocycles. The molecule has 1 unspecified atom stereocenters. The van der Waals surface area contributed by atoms with Crippen molar-refractivity contribution in [3.63, 3.8) is 0 Å². The molecule has 0 bridgehead atoms. The maximum atomic E-state index is 12.5. The van der Waals surface area contributed by atoms with Crippen LogP contribution in [0.5, 0.6) is 11.5 Å². The molecule has 3 aromatic carbocycles. The lowest BCUT2D eigenvalue weighted by atomic mass is 10.3. The summed E-state index contributed by atoms with van der Waals surface area (Å²) in [5, 5.41) is 15.5. The number of rotatable bonds is 8. The van der Waals surface area contributed by atoms with Crippen molar-refractivity contribution in [2.45, 2.75) is 16.5 Å². The van der Waals surface area contributed by atoms with Crippen LogP contribution in [0.1, 0.15) is 6.92 Å². The van der Waals surface area contributed by atoms with Crippen molar-refractivity contribution >= 4 is 68.7 Å². The monoisotopic (exact) mass is 516 g/mol. The molecule has 6 nitrogen and oxygen atoms in total. The van der Waals surface area contributed by atoms with E-state index in [4.69, 9.17) is 27.9 Å². The number of para-hydroxylation sites is 1. The van der Waals surface area contributed by atoms with Gasteiger partial charge in [-0.15, -0.1) is 10.2 Å². The first-order valence-electron chi connectivity index (χ1n) is 9.82. The molecule has 0 radical (unpaired) electrons. The highest BCUT2D eigenvalue weighted by Gasteiger charge is 2.18. The van der Waals surface area contributed by atoms with Gasteiger partial charge in [-0.1, -0.05) is 64.5 Å². The van der Waals surface area contributed by atoms with Crippen LogP contribution in [0.4, 0.5) is 16.5 Å². The Morgan fingerprint density at radius 3 is 2.45 bits per heavy atom. The number of hydrogen-bond acceptors (Lipinski definition) is 7. The summed E-state index contributed by atoms with van der Waals surface area (Å²) < 4.78 is 6.47. The molecule has 2 N–H and O–H groups in total. The van der Waals surface area contributed by atoms with Gasteiger partial charge in [0.2, 0.25) is 11.0 Å². The van der Waals surface area contributed by atoms with E-state index in [1.807, 2.05) is 54.6 Å². The van der Waals surface area contributed by atoms with E-state index in [2.05, 4.69) is 20.8 Å². The van der Waals surface area contributed by atoms with E-state index in [0.29, 0.717) is 25.2 Å². The Kier molecular flexibility index (Phi) is 7.72. The highest BCUT2D eigenvalue weighted by molar-refractivity contribution is 8.02. The third-order valence-electron chi connectivity index (χ3n) is 4.33. The molecule has 0 saturated carbocycles. The second-order valence-electron chi connectivity index (χ2n) is 6.81. The molecule has 4 aromatic rings. The van der Waals surface area contributed by atoms with Gasteiger partial charge in [0.05, 0.1) is 16.0 Å². The van der Waals surface area contributed by atoms with E-state index in [1.165, 1.54) is 23.1 Å². The second kappa shape index (κ2) is 10.9. The average Bonchev–Trinajstić information content (AvgIpc) is 3.24. The first-order chi connectivity index (χ1) is 16.0. The summed E-state index contributed by atoms with van der Waals surface area (Å²) in [4.78, 5) is 12.5. The zero-order chi connectivity index (χ0) is 23.2. The lowest BCUT2D eigenvalue weighted by Gasteiger charge is -2.11. The fraction of sp³-hybridized carbons (Fsp3) is 0.0870. The molecule has 0 aliphatic heterocycles. The van der Waals surface area contributed by atoms with E-state index in [-0.39, 0.29) is 5.91 Å². The van der Waals surface area contributed by atoms with Gasteiger partial charge < -0.3 is 15.4 Å². The third kappa shape index (κ3) is 6.61. The zero-order valence-corrected chi connectivity index (χ0v) is 20.4. The second-order valence-corrected chi connectivity index (χ2v) is 10.2. The minimum atomic E-state index is -0.396. The Bertz CT molecular complexity index is 1240. The number of carbonyl (C=O) groups is 1. The summed E-state index contributed by atoms with van der Waals surface area (Å²) in [7, 11) is 0. The van der Waals surface area contributed by atoms with Gasteiger partial charge in [0.15, 0.2) is 4.34 Å². The van der Waals surface area contributed by atoms with Crippen molar-refractivity contribution in [2.24, 2.45) is 0 Å². The number of nitrogens with zero attached hydrogens (tertiary/aromatic N) is 2. The van der Waals surface area contributed by atoms with E-state index in [9.17, 15) is 4.79 Å². The van der Waals surface area contributed by atoms with E-state index in [0.717, 1.165) is 17.2 Å². The van der Waals surface area contributed by atoms with Crippen LogP contribution in [0.2, 0.25) is 10.0 Å². The van der Waals surface area contributed by atoms with Crippen LogP contribution >= 0.6 is 46.3 Å². The lowest BCUT2D eigenvalue weighted by molar-refractivity contribution is -0.115. The number of halogens is 2. The first kappa shape index (κ1) is 23.4. The van der Waals surface area contributed by atoms with E-state index >= 15 is 0 Å². The van der Waals surface area contributed by atoms with Gasteiger partial charge in [-0.05, 0) is 61.5 Å². The van der Waals surface area contributed by atoms with Gasteiger partial charge in [0.1, 0.15) is 11.5 Å². The van der Waals surface area contributed by atoms with Crippen LogP contribution in [0, 0.1) is 0 Å².